The molecule has 0 saturated heterocycles. The topological polar surface area (TPSA) is 79.0 Å². The van der Waals surface area contributed by atoms with Crippen molar-refractivity contribution in [2.75, 3.05) is 6.54 Å². The molecule has 2 aromatic rings. The Labute approximate surface area is 167 Å². The summed E-state index contributed by atoms with van der Waals surface area (Å²) in [5.41, 5.74) is 1.18. The first-order chi connectivity index (χ1) is 12.6. The van der Waals surface area contributed by atoms with Crippen molar-refractivity contribution >= 4 is 34.9 Å². The van der Waals surface area contributed by atoms with Crippen molar-refractivity contribution in [3.63, 3.8) is 0 Å². The molecule has 0 radical (unpaired) electrons. The molecule has 0 saturated carbocycles. The minimum absolute atomic E-state index is 0.0501. The monoisotopic (exact) mass is 406 g/mol. The number of pyridine rings is 1. The molecule has 0 bridgehead atoms. The van der Waals surface area contributed by atoms with Crippen molar-refractivity contribution in [2.24, 2.45) is 5.41 Å². The lowest BCUT2D eigenvalue weighted by molar-refractivity contribution is 0.0910. The molecular formula is C20H20Cl2N2O3. The van der Waals surface area contributed by atoms with Gasteiger partial charge in [0.05, 0.1) is 0 Å². The zero-order valence-electron chi connectivity index (χ0n) is 15.1. The molecule has 1 aliphatic rings. The highest BCUT2D eigenvalue weighted by Crippen LogP contribution is 2.33. The molecule has 1 aliphatic carbocycles. The minimum atomic E-state index is -0.509. The maximum absolute atomic E-state index is 12.4. The predicted octanol–water partition coefficient (Wildman–Crippen LogP) is 3.81. The smallest absolute Gasteiger partial charge is 0.261 e. The van der Waals surface area contributed by atoms with Crippen LogP contribution in [0.25, 0.3) is 0 Å². The van der Waals surface area contributed by atoms with Gasteiger partial charge >= 0.3 is 0 Å². The normalized spacial score (nSPS) is 15.3. The van der Waals surface area contributed by atoms with E-state index in [2.05, 4.69) is 10.3 Å². The first-order valence-electron chi connectivity index (χ1n) is 8.67. The summed E-state index contributed by atoms with van der Waals surface area (Å²) in [6.45, 7) is 4.27. The zero-order chi connectivity index (χ0) is 19.8. The third-order valence-electron chi connectivity index (χ3n) is 4.58. The van der Waals surface area contributed by atoms with Gasteiger partial charge in [-0.2, -0.15) is 0 Å². The Bertz CT molecular complexity index is 959. The number of hydrogen-bond acceptors (Lipinski definition) is 3. The van der Waals surface area contributed by atoms with Gasteiger partial charge in [0.2, 0.25) is 0 Å². The fourth-order valence-corrected chi connectivity index (χ4v) is 3.94. The molecule has 0 atom stereocenters. The largest absolute Gasteiger partial charge is 0.352 e. The van der Waals surface area contributed by atoms with Crippen molar-refractivity contribution in [2.45, 2.75) is 33.1 Å². The molecule has 0 spiro atoms. The lowest BCUT2D eigenvalue weighted by Crippen LogP contribution is -2.35. The summed E-state index contributed by atoms with van der Waals surface area (Å²) in [4.78, 5) is 39.8. The van der Waals surface area contributed by atoms with Gasteiger partial charge in [-0.05, 0) is 48.1 Å². The molecule has 27 heavy (non-hydrogen) atoms. The number of rotatable bonds is 4. The Hall–Kier alpha value is -2.11. The summed E-state index contributed by atoms with van der Waals surface area (Å²) in [5.74, 6) is -0.565. The van der Waals surface area contributed by atoms with Gasteiger partial charge in [0.15, 0.2) is 5.78 Å². The van der Waals surface area contributed by atoms with Gasteiger partial charge in [0.25, 0.3) is 11.5 Å². The van der Waals surface area contributed by atoms with Crippen LogP contribution in [0, 0.1) is 5.41 Å². The van der Waals surface area contributed by atoms with Crippen molar-refractivity contribution in [3.05, 3.63) is 67.0 Å². The fraction of sp³-hybridized carbons (Fsp3) is 0.350. The Kier molecular flexibility index (Phi) is 5.45. The molecule has 1 aromatic heterocycles. The molecule has 0 unspecified atom stereocenters. The summed E-state index contributed by atoms with van der Waals surface area (Å²) in [6.07, 6.45) is 1.51. The molecule has 1 aromatic carbocycles. The third kappa shape index (κ3) is 4.60. The molecule has 7 heteroatoms. The van der Waals surface area contributed by atoms with Crippen LogP contribution >= 0.6 is 23.2 Å². The number of fused-ring (bicyclic) bond motifs is 1. The average molecular weight is 407 g/mol. The summed E-state index contributed by atoms with van der Waals surface area (Å²) < 4.78 is 0. The average Bonchev–Trinajstić information content (AvgIpc) is 2.52. The number of aromatic amines is 1. The van der Waals surface area contributed by atoms with Crippen molar-refractivity contribution in [1.82, 2.24) is 10.3 Å². The predicted molar refractivity (Wildman–Crippen MR) is 106 cm³/mol. The van der Waals surface area contributed by atoms with Crippen molar-refractivity contribution < 1.29 is 9.59 Å². The van der Waals surface area contributed by atoms with Crippen LogP contribution in [0.2, 0.25) is 10.0 Å². The summed E-state index contributed by atoms with van der Waals surface area (Å²) in [7, 11) is 0. The van der Waals surface area contributed by atoms with Crippen LogP contribution in [-0.2, 0) is 12.8 Å². The van der Waals surface area contributed by atoms with Crippen LogP contribution in [0.1, 0.15) is 52.2 Å². The molecular weight excluding hydrogens is 387 g/mol. The number of amides is 1. The second kappa shape index (κ2) is 7.49. The molecule has 1 amide bonds. The van der Waals surface area contributed by atoms with E-state index in [9.17, 15) is 14.4 Å². The standard InChI is InChI=1S/C20H20Cl2N2O3/c1-20(2)9-16-14(17(25)10-20)8-15(19(27)24-16)18(26)23-4-3-11-5-12(21)7-13(22)6-11/h5-8H,3-4,9-10H2,1-2H3,(H,23,26)(H,24,27). The van der Waals surface area contributed by atoms with Crippen molar-refractivity contribution in [1.29, 1.82) is 0 Å². The van der Waals surface area contributed by atoms with Crippen molar-refractivity contribution in [3.8, 4) is 0 Å². The lowest BCUT2D eigenvalue weighted by atomic mass is 9.75. The van der Waals surface area contributed by atoms with Gasteiger partial charge in [-0.3, -0.25) is 14.4 Å². The van der Waals surface area contributed by atoms with Crippen LogP contribution < -0.4 is 10.9 Å². The zero-order valence-corrected chi connectivity index (χ0v) is 16.6. The third-order valence-corrected chi connectivity index (χ3v) is 5.02. The van der Waals surface area contributed by atoms with E-state index < -0.39 is 11.5 Å². The SMILES string of the molecule is CC1(C)CC(=O)c2cc(C(=O)NCCc3cc(Cl)cc(Cl)c3)c(=O)[nH]c2C1. The number of carbonyl (C=O) groups excluding carboxylic acids is 2. The van der Waals surface area contributed by atoms with Crippen LogP contribution in [0.3, 0.4) is 0 Å². The Balaban J connectivity index is 1.73. The lowest BCUT2D eigenvalue weighted by Gasteiger charge is -2.29. The Morgan fingerprint density at radius 2 is 1.78 bits per heavy atom. The van der Waals surface area contributed by atoms with Crippen LogP contribution in [0.5, 0.6) is 0 Å². The highest BCUT2D eigenvalue weighted by molar-refractivity contribution is 6.34. The molecule has 3 rings (SSSR count). The van der Waals surface area contributed by atoms with E-state index in [1.807, 2.05) is 13.8 Å². The number of benzene rings is 1. The quantitative estimate of drug-likeness (QED) is 0.809. The minimum Gasteiger partial charge on any atom is -0.352 e. The van der Waals surface area contributed by atoms with Crippen LogP contribution in [0.15, 0.2) is 29.1 Å². The number of nitrogens with one attached hydrogen (secondary N) is 2. The first-order valence-corrected chi connectivity index (χ1v) is 9.43. The number of halogens is 2. The van der Waals surface area contributed by atoms with E-state index in [4.69, 9.17) is 23.2 Å². The number of ketones is 1. The first kappa shape index (κ1) is 19.6. The summed E-state index contributed by atoms with van der Waals surface area (Å²) in [6, 6.07) is 6.59. The van der Waals surface area contributed by atoms with E-state index in [0.717, 1.165) is 5.56 Å². The molecule has 142 valence electrons. The van der Waals surface area contributed by atoms with Gasteiger partial charge in [-0.15, -0.1) is 0 Å². The Morgan fingerprint density at radius 3 is 2.44 bits per heavy atom. The highest BCUT2D eigenvalue weighted by Gasteiger charge is 2.32. The van der Waals surface area contributed by atoms with Gasteiger partial charge in [-0.25, -0.2) is 0 Å². The number of H-pyrrole nitrogens is 1. The number of carbonyl (C=O) groups is 2. The summed E-state index contributed by atoms with van der Waals surface area (Å²) in [5, 5.41) is 3.76. The van der Waals surface area contributed by atoms with E-state index in [-0.39, 0.29) is 16.8 Å². The molecule has 5 nitrogen and oxygen atoms in total. The van der Waals surface area contributed by atoms with Gasteiger partial charge in [0, 0.05) is 34.3 Å². The second-order valence-electron chi connectivity index (χ2n) is 7.63. The van der Waals surface area contributed by atoms with Gasteiger partial charge in [0.1, 0.15) is 5.56 Å². The number of hydrogen-bond donors (Lipinski definition) is 2. The molecule has 0 aliphatic heterocycles. The van der Waals surface area contributed by atoms with Gasteiger partial charge in [-0.1, -0.05) is 37.0 Å². The van der Waals surface area contributed by atoms with Crippen LogP contribution in [-0.4, -0.2) is 23.2 Å². The highest BCUT2D eigenvalue weighted by atomic mass is 35.5. The van der Waals surface area contributed by atoms with E-state index in [1.165, 1.54) is 6.07 Å². The van der Waals surface area contributed by atoms with E-state index in [1.54, 1.807) is 18.2 Å². The molecule has 2 N–H and O–H groups in total. The van der Waals surface area contributed by atoms with Gasteiger partial charge < -0.3 is 10.3 Å². The Morgan fingerprint density at radius 1 is 1.11 bits per heavy atom. The maximum Gasteiger partial charge on any atom is 0.261 e. The molecule has 0 fully saturated rings. The summed E-state index contributed by atoms with van der Waals surface area (Å²) >= 11 is 11.9. The van der Waals surface area contributed by atoms with E-state index in [0.29, 0.717) is 47.1 Å². The maximum atomic E-state index is 12.4. The fourth-order valence-electron chi connectivity index (χ4n) is 3.37. The second-order valence-corrected chi connectivity index (χ2v) is 8.50. The number of Topliss-reactive ketones (excluding diaryl/α,β-unsaturated/α-hetero) is 1. The number of aromatic nitrogens is 1. The van der Waals surface area contributed by atoms with E-state index >= 15 is 0 Å². The van der Waals surface area contributed by atoms with Crippen LogP contribution in [0.4, 0.5) is 0 Å². The molecule has 1 heterocycles.